The lowest BCUT2D eigenvalue weighted by atomic mass is 9.65. The van der Waals surface area contributed by atoms with Crippen molar-refractivity contribution in [2.75, 3.05) is 13.2 Å². The lowest BCUT2D eigenvalue weighted by Crippen LogP contribution is -2.46. The highest BCUT2D eigenvalue weighted by Crippen LogP contribution is 2.47. The summed E-state index contributed by atoms with van der Waals surface area (Å²) >= 11 is 0. The molecule has 2 aliphatic carbocycles. The second kappa shape index (κ2) is 11.6. The Hall–Kier alpha value is -3.64. The number of nitrogens with one attached hydrogen (secondary N) is 1. The Balaban J connectivity index is 1.19. The summed E-state index contributed by atoms with van der Waals surface area (Å²) in [7, 11) is 0. The summed E-state index contributed by atoms with van der Waals surface area (Å²) in [5.41, 5.74) is 12.6. The number of ether oxygens (including phenoxy) is 2. The van der Waals surface area contributed by atoms with Crippen LogP contribution in [0.1, 0.15) is 98.5 Å². The van der Waals surface area contributed by atoms with Gasteiger partial charge in [0.25, 0.3) is 11.8 Å². The van der Waals surface area contributed by atoms with E-state index in [0.29, 0.717) is 30.3 Å². The molecule has 2 saturated carbocycles. The Morgan fingerprint density at radius 3 is 2.64 bits per heavy atom. The number of nitrogens with zero attached hydrogens (tertiary/aromatic N) is 4. The van der Waals surface area contributed by atoms with Gasteiger partial charge in [-0.05, 0) is 83.4 Å². The number of aliphatic hydroxyl groups is 1. The molecule has 0 aromatic carbocycles. The number of carbonyl (C=O) groups is 2. The van der Waals surface area contributed by atoms with Crippen molar-refractivity contribution < 1.29 is 24.2 Å². The molecular formula is C30H43N7O5. The van der Waals surface area contributed by atoms with E-state index >= 15 is 0 Å². The van der Waals surface area contributed by atoms with Crippen molar-refractivity contribution in [3.05, 3.63) is 41.3 Å². The summed E-state index contributed by atoms with van der Waals surface area (Å²) in [5, 5.41) is 22.2. The number of hydrogen-bond acceptors (Lipinski definition) is 8. The number of rotatable bonds is 14. The maximum absolute atomic E-state index is 13.3. The van der Waals surface area contributed by atoms with Gasteiger partial charge in [0.15, 0.2) is 0 Å². The highest BCUT2D eigenvalue weighted by atomic mass is 16.5. The standard InChI is InChI=1S/C30H43N7O5/c1-18(12-30(4)13-20(14-30)42-28-22(26(32)38)16-36(35-28)11-5-10-31)34-27(39)21-15-33-37-23(21)8-9-24(25(37)19-6-7-19)41-17-29(2,3)40/h8-9,15-16,18-20,40H,5-7,10-14,17,31H2,1-4H3,(H2,32,38)(H,34,39)/t18-,20-,30-/m0/s1. The quantitative estimate of drug-likeness (QED) is 0.225. The van der Waals surface area contributed by atoms with Gasteiger partial charge in [-0.15, -0.1) is 5.10 Å². The predicted octanol–water partition coefficient (Wildman–Crippen LogP) is 2.76. The van der Waals surface area contributed by atoms with E-state index in [1.165, 1.54) is 0 Å². The zero-order valence-electron chi connectivity index (χ0n) is 24.9. The number of fused-ring (bicyclic) bond motifs is 1. The third-order valence-corrected chi connectivity index (χ3v) is 7.95. The van der Waals surface area contributed by atoms with Gasteiger partial charge in [0.05, 0.1) is 28.6 Å². The molecule has 3 aromatic heterocycles. The second-order valence-electron chi connectivity index (χ2n) is 13.0. The Morgan fingerprint density at radius 1 is 1.26 bits per heavy atom. The van der Waals surface area contributed by atoms with Crippen LogP contribution in [0.15, 0.2) is 24.5 Å². The molecule has 3 aromatic rings. The van der Waals surface area contributed by atoms with Gasteiger partial charge >= 0.3 is 0 Å². The Labute approximate surface area is 245 Å². The molecule has 1 atom stereocenters. The first-order chi connectivity index (χ1) is 19.9. The van der Waals surface area contributed by atoms with Gasteiger partial charge in [0.1, 0.15) is 24.0 Å². The average molecular weight is 582 g/mol. The topological polar surface area (TPSA) is 172 Å². The molecule has 2 fully saturated rings. The fourth-order valence-corrected chi connectivity index (χ4v) is 5.90. The van der Waals surface area contributed by atoms with Crippen LogP contribution in [0.25, 0.3) is 5.52 Å². The van der Waals surface area contributed by atoms with Crippen LogP contribution in [-0.2, 0) is 6.54 Å². The normalized spacial score (nSPS) is 21.1. The summed E-state index contributed by atoms with van der Waals surface area (Å²) in [6.07, 6.45) is 8.28. The molecule has 0 bridgehead atoms. The van der Waals surface area contributed by atoms with Crippen LogP contribution in [0.2, 0.25) is 0 Å². The van der Waals surface area contributed by atoms with E-state index in [2.05, 4.69) is 22.4 Å². The van der Waals surface area contributed by atoms with E-state index in [9.17, 15) is 14.7 Å². The summed E-state index contributed by atoms with van der Waals surface area (Å²) in [4.78, 5) is 25.2. The van der Waals surface area contributed by atoms with Crippen LogP contribution in [0.5, 0.6) is 11.6 Å². The Bertz CT molecular complexity index is 1450. The predicted molar refractivity (Wildman–Crippen MR) is 157 cm³/mol. The number of aromatic nitrogens is 4. The molecule has 42 heavy (non-hydrogen) atoms. The number of nitrogens with two attached hydrogens (primary N) is 2. The van der Waals surface area contributed by atoms with Crippen LogP contribution < -0.4 is 26.3 Å². The van der Waals surface area contributed by atoms with Gasteiger partial charge in [-0.1, -0.05) is 6.92 Å². The molecule has 0 aliphatic heterocycles. The van der Waals surface area contributed by atoms with Gasteiger partial charge in [-0.3, -0.25) is 14.3 Å². The van der Waals surface area contributed by atoms with Crippen LogP contribution in [0.4, 0.5) is 0 Å². The summed E-state index contributed by atoms with van der Waals surface area (Å²) in [6.45, 7) is 8.87. The molecule has 228 valence electrons. The summed E-state index contributed by atoms with van der Waals surface area (Å²) < 4.78 is 15.5. The molecule has 0 saturated heterocycles. The molecule has 0 unspecified atom stereocenters. The van der Waals surface area contributed by atoms with Crippen LogP contribution in [0, 0.1) is 5.41 Å². The van der Waals surface area contributed by atoms with Crippen molar-refractivity contribution >= 4 is 17.3 Å². The van der Waals surface area contributed by atoms with Crippen LogP contribution >= 0.6 is 0 Å². The minimum atomic E-state index is -0.954. The fraction of sp³-hybridized carbons (Fsp3) is 0.600. The van der Waals surface area contributed by atoms with Crippen molar-refractivity contribution in [2.45, 2.75) is 96.4 Å². The maximum Gasteiger partial charge on any atom is 0.255 e. The first kappa shape index (κ1) is 29.8. The number of pyridine rings is 1. The van der Waals surface area contributed by atoms with Gasteiger partial charge in [0.2, 0.25) is 5.88 Å². The second-order valence-corrected chi connectivity index (χ2v) is 13.0. The minimum absolute atomic E-state index is 0.0285. The molecular weight excluding hydrogens is 538 g/mol. The van der Waals surface area contributed by atoms with E-state index in [4.69, 9.17) is 20.9 Å². The van der Waals surface area contributed by atoms with Crippen molar-refractivity contribution in [3.8, 4) is 11.6 Å². The lowest BCUT2D eigenvalue weighted by molar-refractivity contribution is -0.0156. The molecule has 6 N–H and O–H groups in total. The fourth-order valence-electron chi connectivity index (χ4n) is 5.90. The minimum Gasteiger partial charge on any atom is -0.489 e. The zero-order valence-corrected chi connectivity index (χ0v) is 24.9. The highest BCUT2D eigenvalue weighted by Gasteiger charge is 2.43. The molecule has 2 amide bonds. The van der Waals surface area contributed by atoms with E-state index in [1.807, 2.05) is 23.6 Å². The lowest BCUT2D eigenvalue weighted by Gasteiger charge is -2.46. The molecule has 5 rings (SSSR count). The zero-order chi connectivity index (χ0) is 30.2. The van der Waals surface area contributed by atoms with E-state index in [1.54, 1.807) is 30.9 Å². The maximum atomic E-state index is 13.3. The third kappa shape index (κ3) is 6.70. The molecule has 0 radical (unpaired) electrons. The molecule has 12 nitrogen and oxygen atoms in total. The number of amides is 2. The van der Waals surface area contributed by atoms with Crippen LogP contribution in [0.3, 0.4) is 0 Å². The van der Waals surface area contributed by atoms with Crippen molar-refractivity contribution in [2.24, 2.45) is 16.9 Å². The Morgan fingerprint density at radius 2 is 2.00 bits per heavy atom. The first-order valence-electron chi connectivity index (χ1n) is 14.8. The summed E-state index contributed by atoms with van der Waals surface area (Å²) in [6, 6.07) is 3.65. The first-order valence-corrected chi connectivity index (χ1v) is 14.8. The summed E-state index contributed by atoms with van der Waals surface area (Å²) in [5.74, 6) is 0.537. The van der Waals surface area contributed by atoms with Crippen molar-refractivity contribution in [1.82, 2.24) is 24.7 Å². The van der Waals surface area contributed by atoms with Crippen LogP contribution in [-0.4, -0.2) is 67.2 Å². The SMILES string of the molecule is C[C@@H](C[C@]1(C)C[C@@H](Oc2nn(CCCN)cc2C(N)=O)C1)NC(=O)c1cnn2c(C3CC3)c(OCC(C)(C)O)ccc12. The van der Waals surface area contributed by atoms with E-state index in [0.717, 1.165) is 49.7 Å². The average Bonchev–Trinajstić information content (AvgIpc) is 3.49. The van der Waals surface area contributed by atoms with E-state index in [-0.39, 0.29) is 41.5 Å². The monoisotopic (exact) mass is 581 g/mol. The van der Waals surface area contributed by atoms with Crippen molar-refractivity contribution in [3.63, 3.8) is 0 Å². The molecule has 3 heterocycles. The van der Waals surface area contributed by atoms with Gasteiger partial charge in [-0.25, -0.2) is 4.52 Å². The third-order valence-electron chi connectivity index (χ3n) is 7.95. The van der Waals surface area contributed by atoms with Gasteiger partial charge in [-0.2, -0.15) is 5.10 Å². The highest BCUT2D eigenvalue weighted by molar-refractivity contribution is 6.00. The van der Waals surface area contributed by atoms with Gasteiger partial charge < -0.3 is 31.4 Å². The van der Waals surface area contributed by atoms with Gasteiger partial charge in [0, 0.05) is 24.7 Å². The molecule has 0 spiro atoms. The number of aryl methyl sites for hydroxylation is 1. The largest absolute Gasteiger partial charge is 0.489 e. The molecule has 2 aliphatic rings. The Kier molecular flexibility index (Phi) is 8.21. The van der Waals surface area contributed by atoms with Crippen molar-refractivity contribution in [1.29, 1.82) is 0 Å². The molecule has 12 heteroatoms. The number of carbonyl (C=O) groups excluding carboxylic acids is 2. The number of primary amides is 1. The smallest absolute Gasteiger partial charge is 0.255 e. The van der Waals surface area contributed by atoms with E-state index < -0.39 is 11.5 Å². The number of hydrogen-bond donors (Lipinski definition) is 4.